The number of nitrogens with zero attached hydrogens (tertiary/aromatic N) is 1. The second-order valence-corrected chi connectivity index (χ2v) is 5.40. The lowest BCUT2D eigenvalue weighted by Gasteiger charge is -2.08. The minimum absolute atomic E-state index is 0.144. The maximum Gasteiger partial charge on any atom is 0.337 e. The van der Waals surface area contributed by atoms with Gasteiger partial charge in [-0.25, -0.2) is 14.2 Å². The molecule has 0 saturated carbocycles. The highest BCUT2D eigenvalue weighted by Gasteiger charge is 2.18. The second-order valence-electron chi connectivity index (χ2n) is 3.78. The Morgan fingerprint density at radius 2 is 1.90 bits per heavy atom. The van der Waals surface area contributed by atoms with Crippen LogP contribution < -0.4 is 4.72 Å². The van der Waals surface area contributed by atoms with Crippen LogP contribution in [0.25, 0.3) is 0 Å². The van der Waals surface area contributed by atoms with Crippen molar-refractivity contribution in [3.05, 3.63) is 54.0 Å². The number of aromatic carboxylic acids is 1. The van der Waals surface area contributed by atoms with E-state index in [0.29, 0.717) is 0 Å². The van der Waals surface area contributed by atoms with Gasteiger partial charge in [-0.05, 0) is 24.3 Å². The average Bonchev–Trinajstić information content (AvgIpc) is 2.41. The minimum atomic E-state index is -4.07. The number of para-hydroxylation sites is 1. The highest BCUT2D eigenvalue weighted by atomic mass is 32.2. The van der Waals surface area contributed by atoms with Crippen molar-refractivity contribution in [3.8, 4) is 0 Å². The monoisotopic (exact) mass is 296 g/mol. The zero-order valence-electron chi connectivity index (χ0n) is 9.95. The molecule has 0 fully saturated rings. The van der Waals surface area contributed by atoms with Crippen molar-refractivity contribution >= 4 is 21.7 Å². The van der Waals surface area contributed by atoms with Crippen LogP contribution >= 0.6 is 0 Å². The predicted octanol–water partition coefficient (Wildman–Crippen LogP) is 1.72. The topological polar surface area (TPSA) is 96.4 Å². The van der Waals surface area contributed by atoms with Crippen molar-refractivity contribution < 1.29 is 22.7 Å². The fourth-order valence-electron chi connectivity index (χ4n) is 1.41. The molecule has 0 unspecified atom stereocenters. The first-order valence-corrected chi connectivity index (χ1v) is 6.85. The Morgan fingerprint density at radius 3 is 2.45 bits per heavy atom. The number of rotatable bonds is 4. The number of halogens is 1. The van der Waals surface area contributed by atoms with Gasteiger partial charge < -0.3 is 5.11 Å². The van der Waals surface area contributed by atoms with Crippen LogP contribution in [0.1, 0.15) is 10.4 Å². The van der Waals surface area contributed by atoms with Crippen molar-refractivity contribution in [2.45, 2.75) is 5.03 Å². The Kier molecular flexibility index (Phi) is 3.66. The summed E-state index contributed by atoms with van der Waals surface area (Å²) in [5.74, 6) is -1.94. The summed E-state index contributed by atoms with van der Waals surface area (Å²) in [6, 6.07) is 7.41. The van der Waals surface area contributed by atoms with Crippen molar-refractivity contribution in [1.29, 1.82) is 0 Å². The number of carbonyl (C=O) groups is 1. The molecule has 8 heteroatoms. The third-order valence-corrected chi connectivity index (χ3v) is 3.66. The summed E-state index contributed by atoms with van der Waals surface area (Å²) in [5.41, 5.74) is -0.355. The van der Waals surface area contributed by atoms with E-state index in [9.17, 15) is 17.6 Å². The van der Waals surface area contributed by atoms with Crippen LogP contribution in [0.4, 0.5) is 10.1 Å². The predicted molar refractivity (Wildman–Crippen MR) is 68.4 cm³/mol. The van der Waals surface area contributed by atoms with Crippen molar-refractivity contribution in [2.24, 2.45) is 0 Å². The first-order valence-electron chi connectivity index (χ1n) is 5.37. The molecule has 2 aromatic rings. The standard InChI is InChI=1S/C12H9FN2O4S/c13-9-3-1-2-4-10(9)15-20(18,19)11-6-5-8(7-14-11)12(16)17/h1-7,15H,(H,16,17). The first-order chi connectivity index (χ1) is 9.40. The number of carboxylic acids is 1. The van der Waals surface area contributed by atoms with E-state index in [1.165, 1.54) is 18.2 Å². The zero-order valence-corrected chi connectivity index (χ0v) is 10.8. The van der Waals surface area contributed by atoms with Gasteiger partial charge >= 0.3 is 5.97 Å². The molecule has 0 aliphatic rings. The fourth-order valence-corrected chi connectivity index (χ4v) is 2.41. The molecule has 2 N–H and O–H groups in total. The number of hydrogen-bond acceptors (Lipinski definition) is 4. The molecular weight excluding hydrogens is 287 g/mol. The van der Waals surface area contributed by atoms with Gasteiger partial charge in [-0.3, -0.25) is 4.72 Å². The molecule has 6 nitrogen and oxygen atoms in total. The normalized spacial score (nSPS) is 11.1. The number of sulfonamides is 1. The molecule has 0 radical (unpaired) electrons. The van der Waals surface area contributed by atoms with Gasteiger partial charge in [0.05, 0.1) is 11.3 Å². The van der Waals surface area contributed by atoms with Gasteiger partial charge in [0.25, 0.3) is 10.0 Å². The summed E-state index contributed by atoms with van der Waals surface area (Å²) in [4.78, 5) is 14.2. The van der Waals surface area contributed by atoms with E-state index in [4.69, 9.17) is 5.11 Å². The molecule has 0 aliphatic carbocycles. The molecular formula is C12H9FN2O4S. The number of nitrogens with one attached hydrogen (secondary N) is 1. The number of hydrogen-bond donors (Lipinski definition) is 2. The van der Waals surface area contributed by atoms with Gasteiger partial charge in [0.15, 0.2) is 5.03 Å². The van der Waals surface area contributed by atoms with Crippen LogP contribution in [0.2, 0.25) is 0 Å². The fraction of sp³-hybridized carbons (Fsp3) is 0. The van der Waals surface area contributed by atoms with Gasteiger partial charge in [0, 0.05) is 6.20 Å². The lowest BCUT2D eigenvalue weighted by atomic mass is 10.3. The SMILES string of the molecule is O=C(O)c1ccc(S(=O)(=O)Nc2ccccc2F)nc1. The Balaban J connectivity index is 2.31. The Hall–Kier alpha value is -2.48. The van der Waals surface area contributed by atoms with Crippen molar-refractivity contribution in [3.63, 3.8) is 0 Å². The minimum Gasteiger partial charge on any atom is -0.478 e. The van der Waals surface area contributed by atoms with Crippen LogP contribution in [0.3, 0.4) is 0 Å². The lowest BCUT2D eigenvalue weighted by molar-refractivity contribution is 0.0696. The first kappa shape index (κ1) is 13.9. The van der Waals surface area contributed by atoms with E-state index in [1.807, 2.05) is 4.72 Å². The zero-order chi connectivity index (χ0) is 14.8. The molecule has 20 heavy (non-hydrogen) atoms. The van der Waals surface area contributed by atoms with Gasteiger partial charge in [-0.15, -0.1) is 0 Å². The van der Waals surface area contributed by atoms with E-state index in [-0.39, 0.29) is 11.3 Å². The smallest absolute Gasteiger partial charge is 0.337 e. The Morgan fingerprint density at radius 1 is 1.20 bits per heavy atom. The molecule has 104 valence electrons. The molecule has 0 spiro atoms. The quantitative estimate of drug-likeness (QED) is 0.895. The summed E-state index contributed by atoms with van der Waals surface area (Å²) in [6.45, 7) is 0. The van der Waals surface area contributed by atoms with Gasteiger partial charge in [0.2, 0.25) is 0 Å². The van der Waals surface area contributed by atoms with Crippen LogP contribution in [0.15, 0.2) is 47.6 Å². The summed E-state index contributed by atoms with van der Waals surface area (Å²) >= 11 is 0. The lowest BCUT2D eigenvalue weighted by Crippen LogP contribution is -2.15. The van der Waals surface area contributed by atoms with Crippen molar-refractivity contribution in [1.82, 2.24) is 4.98 Å². The highest BCUT2D eigenvalue weighted by molar-refractivity contribution is 7.92. The Labute approximate surface area is 114 Å². The maximum atomic E-state index is 13.4. The van der Waals surface area contributed by atoms with E-state index in [1.54, 1.807) is 0 Å². The van der Waals surface area contributed by atoms with Gasteiger partial charge in [-0.1, -0.05) is 12.1 Å². The molecule has 2 rings (SSSR count). The number of aromatic nitrogens is 1. The second kappa shape index (κ2) is 5.25. The van der Waals surface area contributed by atoms with Crippen LogP contribution in [-0.2, 0) is 10.0 Å². The van der Waals surface area contributed by atoms with Crippen molar-refractivity contribution in [2.75, 3.05) is 4.72 Å². The molecule has 0 saturated heterocycles. The van der Waals surface area contributed by atoms with E-state index in [0.717, 1.165) is 24.4 Å². The number of benzene rings is 1. The summed E-state index contributed by atoms with van der Waals surface area (Å²) < 4.78 is 39.3. The molecule has 0 bridgehead atoms. The van der Waals surface area contributed by atoms with Crippen LogP contribution in [-0.4, -0.2) is 24.5 Å². The van der Waals surface area contributed by atoms with E-state index in [2.05, 4.69) is 4.98 Å². The summed E-state index contributed by atoms with van der Waals surface area (Å²) in [5, 5.41) is 8.30. The van der Waals surface area contributed by atoms with Crippen LogP contribution in [0, 0.1) is 5.82 Å². The largest absolute Gasteiger partial charge is 0.478 e. The number of anilines is 1. The third kappa shape index (κ3) is 2.91. The molecule has 0 aliphatic heterocycles. The summed E-state index contributed by atoms with van der Waals surface area (Å²) in [7, 11) is -4.07. The Bertz CT molecular complexity index is 744. The van der Waals surface area contributed by atoms with Gasteiger partial charge in [0.1, 0.15) is 5.82 Å². The highest BCUT2D eigenvalue weighted by Crippen LogP contribution is 2.17. The van der Waals surface area contributed by atoms with E-state index < -0.39 is 26.8 Å². The summed E-state index contributed by atoms with van der Waals surface area (Å²) in [6.07, 6.45) is 0.915. The van der Waals surface area contributed by atoms with E-state index >= 15 is 0 Å². The maximum absolute atomic E-state index is 13.4. The average molecular weight is 296 g/mol. The third-order valence-electron chi connectivity index (χ3n) is 2.38. The number of pyridine rings is 1. The molecule has 0 amide bonds. The molecule has 0 atom stereocenters. The van der Waals surface area contributed by atoms with Crippen LogP contribution in [0.5, 0.6) is 0 Å². The number of carboxylic acid groups (broad SMARTS) is 1. The molecule has 1 aromatic carbocycles. The molecule has 1 aromatic heterocycles. The molecule has 1 heterocycles. The van der Waals surface area contributed by atoms with Gasteiger partial charge in [-0.2, -0.15) is 8.42 Å².